The Kier molecular flexibility index (Phi) is 5.32. The maximum atomic E-state index is 11.1. The van der Waals surface area contributed by atoms with Gasteiger partial charge in [0.25, 0.3) is 10.1 Å². The molecular formula is C10H15BrO6S. The molecule has 104 valence electrons. The third kappa shape index (κ3) is 4.68. The Bertz CT molecular complexity index is 443. The molecule has 0 spiro atoms. The first-order valence-electron chi connectivity index (χ1n) is 5.20. The third-order valence-corrected chi connectivity index (χ3v) is 3.58. The second-order valence-electron chi connectivity index (χ2n) is 3.93. The Morgan fingerprint density at radius 2 is 2.17 bits per heavy atom. The van der Waals surface area contributed by atoms with Crippen LogP contribution in [-0.2, 0) is 28.6 Å². The summed E-state index contributed by atoms with van der Waals surface area (Å²) in [5.74, 6) is -0.397. The molecule has 1 aliphatic rings. The van der Waals surface area contributed by atoms with Gasteiger partial charge in [0.15, 0.2) is 0 Å². The van der Waals surface area contributed by atoms with Gasteiger partial charge in [-0.15, -0.1) is 0 Å². The van der Waals surface area contributed by atoms with Gasteiger partial charge in [-0.1, -0.05) is 15.9 Å². The molecule has 6 nitrogen and oxygen atoms in total. The van der Waals surface area contributed by atoms with Crippen molar-refractivity contribution in [3.05, 3.63) is 10.6 Å². The lowest BCUT2D eigenvalue weighted by Crippen LogP contribution is -2.38. The summed E-state index contributed by atoms with van der Waals surface area (Å²) in [5, 5.41) is 0. The van der Waals surface area contributed by atoms with Gasteiger partial charge in [0.05, 0.1) is 32.0 Å². The molecular weight excluding hydrogens is 328 g/mol. The molecule has 0 aliphatic carbocycles. The topological polar surface area (TPSA) is 78.9 Å². The van der Waals surface area contributed by atoms with Crippen LogP contribution >= 0.6 is 15.9 Å². The van der Waals surface area contributed by atoms with Crippen molar-refractivity contribution < 1.29 is 26.9 Å². The average molecular weight is 343 g/mol. The van der Waals surface area contributed by atoms with Gasteiger partial charge in [-0.2, -0.15) is 8.42 Å². The summed E-state index contributed by atoms with van der Waals surface area (Å²) in [6.45, 7) is 1.67. The molecule has 0 N–H and O–H groups in total. The molecule has 0 saturated heterocycles. The highest BCUT2D eigenvalue weighted by Crippen LogP contribution is 2.28. The second-order valence-corrected chi connectivity index (χ2v) is 6.45. The molecule has 8 heteroatoms. The zero-order chi connectivity index (χ0) is 13.9. The van der Waals surface area contributed by atoms with E-state index < -0.39 is 34.4 Å². The predicted molar refractivity (Wildman–Crippen MR) is 67.7 cm³/mol. The smallest absolute Gasteiger partial charge is 0.308 e. The molecule has 0 saturated carbocycles. The molecule has 1 aliphatic heterocycles. The van der Waals surface area contributed by atoms with Crippen molar-refractivity contribution in [2.24, 2.45) is 0 Å². The Hall–Kier alpha value is -0.440. The molecule has 18 heavy (non-hydrogen) atoms. The summed E-state index contributed by atoms with van der Waals surface area (Å²) in [6, 6.07) is 0. The minimum Gasteiger partial charge on any atom is -0.469 e. The number of esters is 1. The summed E-state index contributed by atoms with van der Waals surface area (Å²) < 4.78 is 37.7. The molecule has 0 aromatic carbocycles. The number of carbonyl (C=O) groups is 1. The number of methoxy groups -OCH3 is 1. The van der Waals surface area contributed by atoms with Crippen molar-refractivity contribution in [1.82, 2.24) is 0 Å². The molecule has 1 heterocycles. The number of carbonyl (C=O) groups excluding carboxylic acids is 1. The predicted octanol–water partition coefficient (Wildman–Crippen LogP) is 0.960. The van der Waals surface area contributed by atoms with Gasteiger partial charge in [0, 0.05) is 4.48 Å². The van der Waals surface area contributed by atoms with E-state index in [2.05, 4.69) is 20.7 Å². The molecule has 0 unspecified atom stereocenters. The van der Waals surface area contributed by atoms with Crippen molar-refractivity contribution in [1.29, 1.82) is 0 Å². The quantitative estimate of drug-likeness (QED) is 0.559. The molecule has 3 atom stereocenters. The van der Waals surface area contributed by atoms with Gasteiger partial charge >= 0.3 is 5.97 Å². The van der Waals surface area contributed by atoms with E-state index in [9.17, 15) is 13.2 Å². The van der Waals surface area contributed by atoms with Crippen molar-refractivity contribution in [3.8, 4) is 0 Å². The van der Waals surface area contributed by atoms with Gasteiger partial charge < -0.3 is 9.47 Å². The van der Waals surface area contributed by atoms with Crippen molar-refractivity contribution in [2.45, 2.75) is 31.7 Å². The number of ether oxygens (including phenoxy) is 2. The van der Waals surface area contributed by atoms with Crippen LogP contribution in [0.15, 0.2) is 10.6 Å². The first-order valence-corrected chi connectivity index (χ1v) is 7.81. The largest absolute Gasteiger partial charge is 0.469 e. The first-order chi connectivity index (χ1) is 8.23. The third-order valence-electron chi connectivity index (χ3n) is 2.31. The Labute approximate surface area is 115 Å². The van der Waals surface area contributed by atoms with Crippen LogP contribution in [-0.4, -0.2) is 46.1 Å². The monoisotopic (exact) mass is 342 g/mol. The van der Waals surface area contributed by atoms with Gasteiger partial charge in [-0.3, -0.25) is 8.98 Å². The van der Waals surface area contributed by atoms with Gasteiger partial charge in [0.1, 0.15) is 6.10 Å². The van der Waals surface area contributed by atoms with Crippen molar-refractivity contribution >= 4 is 32.0 Å². The van der Waals surface area contributed by atoms with Crippen LogP contribution in [0.25, 0.3) is 0 Å². The fourth-order valence-electron chi connectivity index (χ4n) is 1.55. The zero-order valence-corrected chi connectivity index (χ0v) is 12.7. The van der Waals surface area contributed by atoms with E-state index in [4.69, 9.17) is 8.92 Å². The summed E-state index contributed by atoms with van der Waals surface area (Å²) in [6.07, 6.45) is 0.971. The molecule has 0 radical (unpaired) electrons. The minimum absolute atomic E-state index is 0.0710. The maximum absolute atomic E-state index is 11.1. The maximum Gasteiger partial charge on any atom is 0.308 e. The number of hydrogen-bond donors (Lipinski definition) is 0. The van der Waals surface area contributed by atoms with Crippen LogP contribution in [0, 0.1) is 0 Å². The van der Waals surface area contributed by atoms with Gasteiger partial charge in [0.2, 0.25) is 0 Å². The number of hydrogen-bond acceptors (Lipinski definition) is 6. The lowest BCUT2D eigenvalue weighted by atomic mass is 10.1. The Morgan fingerprint density at radius 1 is 1.56 bits per heavy atom. The SMILES string of the molecule is COC(=O)C[C@H]1C=C(Br)[C@H](OS(C)(=O)=O)[C@H](C)O1. The lowest BCUT2D eigenvalue weighted by molar-refractivity contribution is -0.144. The summed E-state index contributed by atoms with van der Waals surface area (Å²) >= 11 is 3.24. The molecule has 0 aromatic heterocycles. The first kappa shape index (κ1) is 15.6. The van der Waals surface area contributed by atoms with Crippen LogP contribution in [0.3, 0.4) is 0 Å². The van der Waals surface area contributed by atoms with Crippen molar-refractivity contribution in [3.63, 3.8) is 0 Å². The minimum atomic E-state index is -3.58. The highest BCUT2D eigenvalue weighted by atomic mass is 79.9. The fraction of sp³-hybridized carbons (Fsp3) is 0.700. The lowest BCUT2D eigenvalue weighted by Gasteiger charge is -2.31. The van der Waals surface area contributed by atoms with E-state index in [0.29, 0.717) is 4.48 Å². The van der Waals surface area contributed by atoms with E-state index in [0.717, 1.165) is 6.26 Å². The van der Waals surface area contributed by atoms with Gasteiger partial charge in [-0.25, -0.2) is 0 Å². The zero-order valence-electron chi connectivity index (χ0n) is 10.3. The van der Waals surface area contributed by atoms with Crippen LogP contribution in [0.1, 0.15) is 13.3 Å². The number of halogens is 1. The average Bonchev–Trinajstić information content (AvgIpc) is 2.22. The molecule has 0 fully saturated rings. The second kappa shape index (κ2) is 6.14. The highest BCUT2D eigenvalue weighted by molar-refractivity contribution is 9.11. The summed E-state index contributed by atoms with van der Waals surface area (Å²) in [5.41, 5.74) is 0. The van der Waals surface area contributed by atoms with Crippen LogP contribution in [0.2, 0.25) is 0 Å². The van der Waals surface area contributed by atoms with Crippen molar-refractivity contribution in [2.75, 3.05) is 13.4 Å². The van der Waals surface area contributed by atoms with Crippen LogP contribution < -0.4 is 0 Å². The molecule has 0 aromatic rings. The van der Waals surface area contributed by atoms with Crippen LogP contribution in [0.4, 0.5) is 0 Å². The van der Waals surface area contributed by atoms with Crippen LogP contribution in [0.5, 0.6) is 0 Å². The fourth-order valence-corrected chi connectivity index (χ4v) is 3.07. The molecule has 1 rings (SSSR count). The standard InChI is InChI=1S/C10H15BrO6S/c1-6-10(17-18(3,13)14)8(11)4-7(16-6)5-9(12)15-2/h4,6-7,10H,5H2,1-3H3/t6-,7+,10+/m0/s1. The van der Waals surface area contributed by atoms with Gasteiger partial charge in [-0.05, 0) is 13.0 Å². The van der Waals surface area contributed by atoms with E-state index in [-0.39, 0.29) is 6.42 Å². The number of rotatable bonds is 4. The highest BCUT2D eigenvalue weighted by Gasteiger charge is 2.33. The molecule has 0 amide bonds. The van der Waals surface area contributed by atoms with E-state index >= 15 is 0 Å². The Balaban J connectivity index is 2.77. The summed E-state index contributed by atoms with van der Waals surface area (Å²) in [4.78, 5) is 11.1. The Morgan fingerprint density at radius 3 is 2.61 bits per heavy atom. The summed E-state index contributed by atoms with van der Waals surface area (Å²) in [7, 11) is -2.28. The van der Waals surface area contributed by atoms with E-state index in [1.807, 2.05) is 0 Å². The normalized spacial score (nSPS) is 28.7. The van der Waals surface area contributed by atoms with E-state index in [1.54, 1.807) is 13.0 Å². The molecule has 0 bridgehead atoms. The van der Waals surface area contributed by atoms with E-state index in [1.165, 1.54) is 7.11 Å².